The van der Waals surface area contributed by atoms with Crippen LogP contribution in [0.25, 0.3) is 21.5 Å². The first kappa shape index (κ1) is 51.9. The molecule has 2 aliphatic carbocycles. The van der Waals surface area contributed by atoms with Crippen LogP contribution >= 0.6 is 0 Å². The quantitative estimate of drug-likeness (QED) is 0.146. The Hall–Kier alpha value is -4.41. The summed E-state index contributed by atoms with van der Waals surface area (Å²) in [6, 6.07) is 71.6. The minimum absolute atomic E-state index is 0. The summed E-state index contributed by atoms with van der Waals surface area (Å²) in [5, 5.41) is 5.32. The third-order valence-electron chi connectivity index (χ3n) is 9.70. The first-order valence-corrected chi connectivity index (χ1v) is 23.1. The van der Waals surface area contributed by atoms with Crippen molar-refractivity contribution < 1.29 is 73.3 Å². The standard InChI is InChI=1S/2C13H10.2C9H7.2C7H9.2ClH.2Zr/c2*1-3-7-12(8-4-1)11-13-9-5-2-6-10-13;2*1-2-5-9-7-3-6-8(9)4-1;2*1-2-7-5-3-4-6-7;;;;/h2*1-10H;2*1-7H;2*5-6H,2-3H2,1H3;2*1H;;/q;;4*-1;;;2*+2/p-2. The zero-order valence-corrected chi connectivity index (χ0v) is 42.0. The van der Waals surface area contributed by atoms with Gasteiger partial charge in [-0.2, -0.15) is 47.2 Å². The molecule has 308 valence electrons. The van der Waals surface area contributed by atoms with Crippen molar-refractivity contribution in [3.05, 3.63) is 276 Å². The number of allylic oxidation sites excluding steroid dienone is 8. The van der Waals surface area contributed by atoms with Gasteiger partial charge in [-0.05, 0) is 0 Å². The summed E-state index contributed by atoms with van der Waals surface area (Å²) in [5.41, 5.74) is 8.18. The number of benzene rings is 6. The fourth-order valence-corrected chi connectivity index (χ4v) is 7.90. The van der Waals surface area contributed by atoms with E-state index in [2.05, 4.69) is 257 Å². The summed E-state index contributed by atoms with van der Waals surface area (Å²) >= 11 is 2.92. The summed E-state index contributed by atoms with van der Waals surface area (Å²) in [5.74, 6) is 0. The second-order valence-corrected chi connectivity index (χ2v) is 16.4. The maximum Gasteiger partial charge on any atom is -0.0809 e. The molecule has 0 fully saturated rings. The van der Waals surface area contributed by atoms with Gasteiger partial charge < -0.3 is 24.8 Å². The third-order valence-corrected chi connectivity index (χ3v) is 12.5. The van der Waals surface area contributed by atoms with E-state index in [9.17, 15) is 0 Å². The summed E-state index contributed by atoms with van der Waals surface area (Å²) in [7, 11) is 0. The fourth-order valence-electron chi connectivity index (χ4n) is 6.26. The van der Waals surface area contributed by atoms with Gasteiger partial charge in [-0.15, -0.1) is 72.1 Å². The number of hydrogen-bond donors (Lipinski definition) is 0. The Labute approximate surface area is 413 Å². The Bertz CT molecular complexity index is 2250. The van der Waals surface area contributed by atoms with Gasteiger partial charge in [0.2, 0.25) is 0 Å². The SMILES string of the molecule is CCC1=CC[C-]=C1.CCC1=CC[C-]=C1.[Cl-].[Cl-].[Zr+2]=[C](c1ccccc1)c1ccccc1.[Zr+2]=[C](c1ccccc1)c1ccccc1.c1ccc2[cH-]ccc2c1.c1ccc2[cH-]ccc2c1. The van der Waals surface area contributed by atoms with E-state index in [0.29, 0.717) is 0 Å². The molecule has 8 aromatic carbocycles. The van der Waals surface area contributed by atoms with Gasteiger partial charge in [-0.1, -0.05) is 38.8 Å². The van der Waals surface area contributed by atoms with Crippen LogP contribution in [0.1, 0.15) is 61.8 Å². The second-order valence-electron chi connectivity index (χ2n) is 13.9. The molecule has 0 amide bonds. The van der Waals surface area contributed by atoms with E-state index >= 15 is 0 Å². The molecular formula is C58H52Cl2Zr2-2. The summed E-state index contributed by atoms with van der Waals surface area (Å²) < 4.78 is 2.83. The van der Waals surface area contributed by atoms with Crippen molar-refractivity contribution in [3.63, 3.8) is 0 Å². The Balaban J connectivity index is 0.000000201. The zero-order chi connectivity index (χ0) is 42.0. The molecule has 10 rings (SSSR count). The number of rotatable bonds is 6. The van der Waals surface area contributed by atoms with E-state index in [1.807, 2.05) is 0 Å². The molecular weight excluding hydrogens is 950 g/mol. The van der Waals surface area contributed by atoms with Crippen molar-refractivity contribution in [2.45, 2.75) is 39.5 Å². The summed E-state index contributed by atoms with van der Waals surface area (Å²) in [4.78, 5) is 0. The van der Waals surface area contributed by atoms with Gasteiger partial charge in [0.15, 0.2) is 0 Å². The Morgan fingerprint density at radius 1 is 0.419 bits per heavy atom. The van der Waals surface area contributed by atoms with Gasteiger partial charge in [-0.25, -0.2) is 23.3 Å². The van der Waals surface area contributed by atoms with Crippen molar-refractivity contribution in [3.8, 4) is 0 Å². The van der Waals surface area contributed by atoms with E-state index in [1.165, 1.54) is 110 Å². The molecule has 0 saturated carbocycles. The minimum Gasteiger partial charge on any atom is -0.168 e. The van der Waals surface area contributed by atoms with Gasteiger partial charge in [0.1, 0.15) is 0 Å². The van der Waals surface area contributed by atoms with Gasteiger partial charge in [-0.3, -0.25) is 12.2 Å². The normalized spacial score (nSPS) is 11.4. The average Bonchev–Trinajstić information content (AvgIpc) is 4.20. The Kier molecular flexibility index (Phi) is 25.6. The van der Waals surface area contributed by atoms with Crippen LogP contribution in [0, 0.1) is 12.2 Å². The molecule has 0 aromatic heterocycles. The molecule has 0 heterocycles. The van der Waals surface area contributed by atoms with Crippen molar-refractivity contribution in [2.75, 3.05) is 0 Å². The Morgan fingerprint density at radius 2 is 0.710 bits per heavy atom. The third kappa shape index (κ3) is 18.1. The van der Waals surface area contributed by atoms with Crippen LogP contribution in [0.4, 0.5) is 0 Å². The van der Waals surface area contributed by atoms with Crippen LogP contribution in [0.3, 0.4) is 0 Å². The monoisotopic (exact) mass is 998 g/mol. The smallest absolute Gasteiger partial charge is 0.0809 e. The molecule has 0 unspecified atom stereocenters. The molecule has 4 heteroatoms. The first-order chi connectivity index (χ1) is 29.6. The molecule has 0 bridgehead atoms. The van der Waals surface area contributed by atoms with Crippen LogP contribution in [0.15, 0.2) is 242 Å². The fraction of sp³-hybridized carbons (Fsp3) is 0.103. The van der Waals surface area contributed by atoms with Crippen LogP contribution < -0.4 is 24.8 Å². The van der Waals surface area contributed by atoms with Gasteiger partial charge in [0, 0.05) is 0 Å². The van der Waals surface area contributed by atoms with Crippen molar-refractivity contribution in [1.82, 2.24) is 0 Å². The van der Waals surface area contributed by atoms with Crippen molar-refractivity contribution in [1.29, 1.82) is 0 Å². The first-order valence-electron chi connectivity index (χ1n) is 20.7. The number of hydrogen-bond acceptors (Lipinski definition) is 0. The molecule has 0 aliphatic heterocycles. The van der Waals surface area contributed by atoms with E-state index in [-0.39, 0.29) is 24.8 Å². The maximum absolute atomic E-state index is 3.11. The van der Waals surface area contributed by atoms with Gasteiger partial charge in [0.25, 0.3) is 0 Å². The maximum atomic E-state index is 3.11. The molecule has 62 heavy (non-hydrogen) atoms. The molecule has 0 saturated heterocycles. The van der Waals surface area contributed by atoms with Crippen LogP contribution in [0.2, 0.25) is 0 Å². The molecule has 0 spiro atoms. The van der Waals surface area contributed by atoms with E-state index < -0.39 is 0 Å². The predicted octanol–water partition coefficient (Wildman–Crippen LogP) is 8.90. The van der Waals surface area contributed by atoms with Crippen molar-refractivity contribution in [2.24, 2.45) is 0 Å². The molecule has 2 aliphatic rings. The summed E-state index contributed by atoms with van der Waals surface area (Å²) in [6.45, 7) is 4.32. The Morgan fingerprint density at radius 3 is 0.952 bits per heavy atom. The molecule has 0 nitrogen and oxygen atoms in total. The average molecular weight is 1000 g/mol. The van der Waals surface area contributed by atoms with Crippen LogP contribution in [-0.4, -0.2) is 6.41 Å². The second kappa shape index (κ2) is 30.6. The topological polar surface area (TPSA) is 0 Å². The summed E-state index contributed by atoms with van der Waals surface area (Å²) in [6.07, 6.45) is 19.1. The van der Waals surface area contributed by atoms with E-state index in [4.69, 9.17) is 0 Å². The molecule has 0 atom stereocenters. The largest absolute Gasteiger partial charge is 0.168 e. The molecule has 8 aromatic rings. The van der Waals surface area contributed by atoms with Gasteiger partial charge >= 0.3 is 198 Å². The minimum atomic E-state index is 0. The van der Waals surface area contributed by atoms with E-state index in [1.54, 1.807) is 0 Å². The van der Waals surface area contributed by atoms with Gasteiger partial charge in [0.05, 0.1) is 0 Å². The zero-order valence-electron chi connectivity index (χ0n) is 35.5. The molecule has 0 radical (unpaired) electrons. The number of fused-ring (bicyclic) bond motifs is 2. The predicted molar refractivity (Wildman–Crippen MR) is 253 cm³/mol. The van der Waals surface area contributed by atoms with Crippen molar-refractivity contribution >= 4 is 28.0 Å². The molecule has 0 N–H and O–H groups in total. The van der Waals surface area contributed by atoms with E-state index in [0.717, 1.165) is 25.7 Å². The van der Waals surface area contributed by atoms with Crippen LogP contribution in [0.5, 0.6) is 0 Å². The number of halogens is 2. The van der Waals surface area contributed by atoms with Crippen LogP contribution in [-0.2, 0) is 48.5 Å².